The molecule has 2 fully saturated rings. The van der Waals surface area contributed by atoms with Crippen molar-refractivity contribution in [2.45, 2.75) is 56.8 Å². The Balaban J connectivity index is 1.50. The highest BCUT2D eigenvalue weighted by molar-refractivity contribution is 5.80. The number of likely N-dealkylation sites (tertiary alicyclic amines) is 1. The zero-order valence-corrected chi connectivity index (χ0v) is 14.2. The topological polar surface area (TPSA) is 61.6 Å². The lowest BCUT2D eigenvalue weighted by Gasteiger charge is -2.39. The standard InChI is InChI=1S/C17H24F2N4O2/c18-17(19)3-6-21(11-17)9-13-2-5-23-14(1-4-20-23)10-22(13)16(25)12-7-15(24)8-12/h1,4,12-13,15,24H,2-3,5-11H2. The van der Waals surface area contributed by atoms with Crippen LogP contribution in [0.1, 0.15) is 31.4 Å². The number of hydrogen-bond acceptors (Lipinski definition) is 4. The van der Waals surface area contributed by atoms with Gasteiger partial charge in [-0.05, 0) is 25.3 Å². The minimum absolute atomic E-state index is 0.0379. The molecular weight excluding hydrogens is 330 g/mol. The number of fused-ring (bicyclic) bond motifs is 1. The lowest BCUT2D eigenvalue weighted by molar-refractivity contribution is -0.146. The molecule has 4 rings (SSSR count). The van der Waals surface area contributed by atoms with Crippen molar-refractivity contribution >= 4 is 5.91 Å². The number of amides is 1. The first-order chi connectivity index (χ1) is 11.9. The summed E-state index contributed by atoms with van der Waals surface area (Å²) in [5, 5.41) is 13.8. The van der Waals surface area contributed by atoms with E-state index in [2.05, 4.69) is 5.10 Å². The zero-order chi connectivity index (χ0) is 17.6. The van der Waals surface area contributed by atoms with Gasteiger partial charge in [-0.1, -0.05) is 0 Å². The third-order valence-electron chi connectivity index (χ3n) is 5.71. The van der Waals surface area contributed by atoms with Crippen molar-refractivity contribution in [2.24, 2.45) is 5.92 Å². The number of halogens is 2. The van der Waals surface area contributed by atoms with Crippen LogP contribution in [0.15, 0.2) is 12.3 Å². The maximum absolute atomic E-state index is 13.5. The highest BCUT2D eigenvalue weighted by Crippen LogP contribution is 2.33. The second-order valence-corrected chi connectivity index (χ2v) is 7.62. The van der Waals surface area contributed by atoms with Crippen molar-refractivity contribution in [3.8, 4) is 0 Å². The van der Waals surface area contributed by atoms with Crippen molar-refractivity contribution in [3.63, 3.8) is 0 Å². The number of aryl methyl sites for hydroxylation is 1. The summed E-state index contributed by atoms with van der Waals surface area (Å²) in [7, 11) is 0. The van der Waals surface area contributed by atoms with Crippen molar-refractivity contribution < 1.29 is 18.7 Å². The molecule has 1 unspecified atom stereocenters. The molecule has 6 nitrogen and oxygen atoms in total. The van der Waals surface area contributed by atoms with Crippen LogP contribution in [0.5, 0.6) is 0 Å². The molecule has 1 N–H and O–H groups in total. The molecule has 8 heteroatoms. The Labute approximate surface area is 145 Å². The number of nitrogens with zero attached hydrogens (tertiary/aromatic N) is 4. The molecule has 1 aromatic rings. The van der Waals surface area contributed by atoms with Crippen LogP contribution >= 0.6 is 0 Å². The number of aliphatic hydroxyl groups excluding tert-OH is 1. The summed E-state index contributed by atoms with van der Waals surface area (Å²) in [4.78, 5) is 16.6. The summed E-state index contributed by atoms with van der Waals surface area (Å²) in [6.07, 6.45) is 2.95. The molecule has 1 saturated carbocycles. The van der Waals surface area contributed by atoms with Gasteiger partial charge in [-0.15, -0.1) is 0 Å². The van der Waals surface area contributed by atoms with Crippen LogP contribution in [-0.2, 0) is 17.9 Å². The molecule has 1 aromatic heterocycles. The van der Waals surface area contributed by atoms with Gasteiger partial charge in [0, 0.05) is 44.2 Å². The monoisotopic (exact) mass is 354 g/mol. The van der Waals surface area contributed by atoms with Gasteiger partial charge < -0.3 is 10.0 Å². The Morgan fingerprint density at radius 1 is 1.36 bits per heavy atom. The molecule has 2 aliphatic heterocycles. The number of carbonyl (C=O) groups excluding carboxylic acids is 1. The number of hydrogen-bond donors (Lipinski definition) is 1. The van der Waals surface area contributed by atoms with Crippen molar-refractivity contribution in [3.05, 3.63) is 18.0 Å². The van der Waals surface area contributed by atoms with Gasteiger partial charge in [-0.3, -0.25) is 14.4 Å². The Hall–Kier alpha value is -1.54. The van der Waals surface area contributed by atoms with E-state index in [4.69, 9.17) is 0 Å². The predicted molar refractivity (Wildman–Crippen MR) is 85.9 cm³/mol. The third-order valence-corrected chi connectivity index (χ3v) is 5.71. The van der Waals surface area contributed by atoms with Crippen LogP contribution in [0.4, 0.5) is 8.78 Å². The van der Waals surface area contributed by atoms with Gasteiger partial charge in [0.15, 0.2) is 0 Å². The van der Waals surface area contributed by atoms with E-state index < -0.39 is 5.92 Å². The normalized spacial score (nSPS) is 32.1. The fraction of sp³-hybridized carbons (Fsp3) is 0.765. The zero-order valence-electron chi connectivity index (χ0n) is 14.2. The quantitative estimate of drug-likeness (QED) is 0.883. The first kappa shape index (κ1) is 16.9. The van der Waals surface area contributed by atoms with E-state index >= 15 is 0 Å². The molecule has 1 atom stereocenters. The molecule has 0 aromatic carbocycles. The SMILES string of the molecule is O=C(C1CC(O)C1)N1Cc2ccnn2CCC1CN1CCC(F)(F)C1. The molecule has 138 valence electrons. The molecule has 3 heterocycles. The Morgan fingerprint density at radius 3 is 2.84 bits per heavy atom. The summed E-state index contributed by atoms with van der Waals surface area (Å²) in [6.45, 7) is 1.77. The molecular formula is C17H24F2N4O2. The fourth-order valence-electron chi connectivity index (χ4n) is 4.16. The van der Waals surface area contributed by atoms with Gasteiger partial charge >= 0.3 is 0 Å². The molecule has 1 amide bonds. The van der Waals surface area contributed by atoms with Crippen molar-refractivity contribution in [1.82, 2.24) is 19.6 Å². The Bertz CT molecular complexity index is 644. The summed E-state index contributed by atoms with van der Waals surface area (Å²) in [5.41, 5.74) is 0.975. The minimum atomic E-state index is -2.62. The number of carbonyl (C=O) groups is 1. The summed E-state index contributed by atoms with van der Waals surface area (Å²) >= 11 is 0. The second kappa shape index (κ2) is 6.32. The smallest absolute Gasteiger partial charge is 0.261 e. The van der Waals surface area contributed by atoms with Crippen LogP contribution in [0.3, 0.4) is 0 Å². The van der Waals surface area contributed by atoms with E-state index in [0.29, 0.717) is 45.4 Å². The fourth-order valence-corrected chi connectivity index (χ4v) is 4.16. The highest BCUT2D eigenvalue weighted by atomic mass is 19.3. The third kappa shape index (κ3) is 3.42. The lowest BCUT2D eigenvalue weighted by atomic mass is 9.81. The van der Waals surface area contributed by atoms with Crippen LogP contribution in [0.25, 0.3) is 0 Å². The van der Waals surface area contributed by atoms with Gasteiger partial charge in [0.1, 0.15) is 0 Å². The Morgan fingerprint density at radius 2 is 2.16 bits per heavy atom. The van der Waals surface area contributed by atoms with E-state index in [1.165, 1.54) is 0 Å². The Kier molecular flexibility index (Phi) is 4.27. The van der Waals surface area contributed by atoms with Crippen LogP contribution in [0, 0.1) is 5.92 Å². The summed E-state index contributed by atoms with van der Waals surface area (Å²) in [6, 6.07) is 1.81. The van der Waals surface area contributed by atoms with Gasteiger partial charge in [0.2, 0.25) is 5.91 Å². The molecule has 0 bridgehead atoms. The first-order valence-corrected chi connectivity index (χ1v) is 9.01. The van der Waals surface area contributed by atoms with Crippen LogP contribution in [0.2, 0.25) is 0 Å². The molecule has 25 heavy (non-hydrogen) atoms. The van der Waals surface area contributed by atoms with Gasteiger partial charge in [-0.25, -0.2) is 8.78 Å². The van der Waals surface area contributed by atoms with Gasteiger partial charge in [0.05, 0.1) is 24.9 Å². The minimum Gasteiger partial charge on any atom is -0.393 e. The van der Waals surface area contributed by atoms with E-state index in [-0.39, 0.29) is 36.9 Å². The van der Waals surface area contributed by atoms with Gasteiger partial charge in [0.25, 0.3) is 5.92 Å². The molecule has 1 saturated heterocycles. The molecule has 3 aliphatic rings. The molecule has 0 spiro atoms. The lowest BCUT2D eigenvalue weighted by Crippen LogP contribution is -2.50. The summed E-state index contributed by atoms with van der Waals surface area (Å²) in [5.74, 6) is -2.73. The maximum atomic E-state index is 13.5. The van der Waals surface area contributed by atoms with E-state index in [0.717, 1.165) is 5.69 Å². The van der Waals surface area contributed by atoms with Gasteiger partial charge in [-0.2, -0.15) is 5.10 Å². The number of aliphatic hydroxyl groups is 1. The van der Waals surface area contributed by atoms with E-state index in [1.54, 1.807) is 11.1 Å². The first-order valence-electron chi connectivity index (χ1n) is 9.01. The van der Waals surface area contributed by atoms with Crippen molar-refractivity contribution in [1.29, 1.82) is 0 Å². The molecule has 1 aliphatic carbocycles. The predicted octanol–water partition coefficient (Wildman–Crippen LogP) is 1.10. The van der Waals surface area contributed by atoms with E-state index in [9.17, 15) is 18.7 Å². The number of rotatable bonds is 3. The number of alkyl halides is 2. The molecule has 0 radical (unpaired) electrons. The second-order valence-electron chi connectivity index (χ2n) is 7.62. The van der Waals surface area contributed by atoms with E-state index in [1.807, 2.05) is 15.6 Å². The van der Waals surface area contributed by atoms with Crippen LogP contribution < -0.4 is 0 Å². The highest BCUT2D eigenvalue weighted by Gasteiger charge is 2.42. The van der Waals surface area contributed by atoms with Crippen LogP contribution in [-0.4, -0.2) is 68.3 Å². The largest absolute Gasteiger partial charge is 0.393 e. The average Bonchev–Trinajstić information content (AvgIpc) is 3.07. The van der Waals surface area contributed by atoms with Crippen molar-refractivity contribution in [2.75, 3.05) is 19.6 Å². The number of aromatic nitrogens is 2. The average molecular weight is 354 g/mol. The summed E-state index contributed by atoms with van der Waals surface area (Å²) < 4.78 is 28.9. The maximum Gasteiger partial charge on any atom is 0.261 e.